The SMILES string of the molecule is O=c1[nH]c(-c2ccc(C(F)(F)F)c(F)c2O)nc2ccccc12. The van der Waals surface area contributed by atoms with Crippen LogP contribution < -0.4 is 5.56 Å². The van der Waals surface area contributed by atoms with Crippen molar-refractivity contribution in [3.63, 3.8) is 0 Å². The summed E-state index contributed by atoms with van der Waals surface area (Å²) in [7, 11) is 0. The average molecular weight is 324 g/mol. The summed E-state index contributed by atoms with van der Waals surface area (Å²) in [6.07, 6.45) is -4.94. The first kappa shape index (κ1) is 15.0. The first-order chi connectivity index (χ1) is 10.8. The van der Waals surface area contributed by atoms with Crippen LogP contribution in [0.15, 0.2) is 41.2 Å². The molecule has 8 heteroatoms. The monoisotopic (exact) mass is 324 g/mol. The molecule has 118 valence electrons. The van der Waals surface area contributed by atoms with Crippen molar-refractivity contribution in [3.8, 4) is 17.1 Å². The van der Waals surface area contributed by atoms with Crippen LogP contribution in [0.25, 0.3) is 22.3 Å². The van der Waals surface area contributed by atoms with Crippen molar-refractivity contribution in [3.05, 3.63) is 58.1 Å². The summed E-state index contributed by atoms with van der Waals surface area (Å²) in [6, 6.07) is 7.61. The van der Waals surface area contributed by atoms with Crippen molar-refractivity contribution < 1.29 is 22.7 Å². The Morgan fingerprint density at radius 2 is 1.78 bits per heavy atom. The Morgan fingerprint density at radius 1 is 1.09 bits per heavy atom. The number of hydrogen-bond acceptors (Lipinski definition) is 3. The number of aromatic hydroxyl groups is 1. The second-order valence-corrected chi connectivity index (χ2v) is 4.75. The van der Waals surface area contributed by atoms with Gasteiger partial charge in [-0.05, 0) is 24.3 Å². The number of nitrogens with one attached hydrogen (secondary N) is 1. The number of fused-ring (bicyclic) bond motifs is 1. The van der Waals surface area contributed by atoms with Gasteiger partial charge in [-0.3, -0.25) is 4.79 Å². The Labute approximate surface area is 126 Å². The van der Waals surface area contributed by atoms with Gasteiger partial charge in [0.2, 0.25) is 0 Å². The molecule has 0 amide bonds. The highest BCUT2D eigenvalue weighted by Crippen LogP contribution is 2.38. The second kappa shape index (κ2) is 5.08. The number of phenolic OH excluding ortho intramolecular Hbond substituents is 1. The molecule has 0 radical (unpaired) electrons. The Kier molecular flexibility index (Phi) is 3.32. The number of halogens is 4. The van der Waals surface area contributed by atoms with Gasteiger partial charge >= 0.3 is 6.18 Å². The molecule has 0 atom stereocenters. The van der Waals surface area contributed by atoms with Crippen molar-refractivity contribution in [2.45, 2.75) is 6.18 Å². The summed E-state index contributed by atoms with van der Waals surface area (Å²) in [6.45, 7) is 0. The fourth-order valence-corrected chi connectivity index (χ4v) is 2.19. The number of rotatable bonds is 1. The van der Waals surface area contributed by atoms with Gasteiger partial charge in [-0.1, -0.05) is 12.1 Å². The van der Waals surface area contributed by atoms with E-state index in [0.717, 1.165) is 6.07 Å². The maximum absolute atomic E-state index is 13.8. The normalized spacial score (nSPS) is 11.8. The van der Waals surface area contributed by atoms with Gasteiger partial charge in [-0.25, -0.2) is 9.37 Å². The molecule has 0 spiro atoms. The molecule has 0 aliphatic heterocycles. The molecule has 1 heterocycles. The topological polar surface area (TPSA) is 66.0 Å². The van der Waals surface area contributed by atoms with E-state index in [2.05, 4.69) is 9.97 Å². The Balaban J connectivity index is 2.24. The highest BCUT2D eigenvalue weighted by atomic mass is 19.4. The molecule has 0 fully saturated rings. The number of phenols is 1. The molecule has 3 rings (SSSR count). The zero-order chi connectivity index (χ0) is 16.8. The maximum atomic E-state index is 13.8. The van der Waals surface area contributed by atoms with E-state index in [9.17, 15) is 27.5 Å². The molecule has 3 aromatic rings. The molecule has 0 bridgehead atoms. The molecule has 1 aromatic heterocycles. The van der Waals surface area contributed by atoms with Crippen LogP contribution in [0.3, 0.4) is 0 Å². The van der Waals surface area contributed by atoms with E-state index >= 15 is 0 Å². The number of aromatic amines is 1. The van der Waals surface area contributed by atoms with Crippen LogP contribution in [0.5, 0.6) is 5.75 Å². The third-order valence-electron chi connectivity index (χ3n) is 3.29. The number of hydrogen-bond donors (Lipinski definition) is 2. The Morgan fingerprint density at radius 3 is 2.48 bits per heavy atom. The van der Waals surface area contributed by atoms with Crippen molar-refractivity contribution in [1.29, 1.82) is 0 Å². The molecule has 0 aliphatic carbocycles. The molecule has 4 nitrogen and oxygen atoms in total. The highest BCUT2D eigenvalue weighted by Gasteiger charge is 2.36. The predicted molar refractivity (Wildman–Crippen MR) is 74.4 cm³/mol. The highest BCUT2D eigenvalue weighted by molar-refractivity contribution is 5.80. The molecule has 0 aliphatic rings. The van der Waals surface area contributed by atoms with Crippen LogP contribution in [0.2, 0.25) is 0 Å². The van der Waals surface area contributed by atoms with Gasteiger partial charge in [0, 0.05) is 0 Å². The number of nitrogens with zero attached hydrogens (tertiary/aromatic N) is 1. The van der Waals surface area contributed by atoms with Crippen LogP contribution in [0, 0.1) is 5.82 Å². The largest absolute Gasteiger partial charge is 0.504 e. The lowest BCUT2D eigenvalue weighted by atomic mass is 10.1. The van der Waals surface area contributed by atoms with Crippen LogP contribution >= 0.6 is 0 Å². The number of aromatic nitrogens is 2. The predicted octanol–water partition coefficient (Wildman–Crippen LogP) is 3.45. The van der Waals surface area contributed by atoms with Crippen molar-refractivity contribution in [2.75, 3.05) is 0 Å². The minimum absolute atomic E-state index is 0.223. The van der Waals surface area contributed by atoms with Gasteiger partial charge < -0.3 is 10.1 Å². The van der Waals surface area contributed by atoms with E-state index in [1.165, 1.54) is 12.1 Å². The molecule has 23 heavy (non-hydrogen) atoms. The van der Waals surface area contributed by atoms with Gasteiger partial charge in [-0.15, -0.1) is 0 Å². The first-order valence-corrected chi connectivity index (χ1v) is 6.37. The smallest absolute Gasteiger partial charge is 0.419 e. The van der Waals surface area contributed by atoms with Crippen LogP contribution in [-0.4, -0.2) is 15.1 Å². The fraction of sp³-hybridized carbons (Fsp3) is 0.0667. The molecule has 0 saturated carbocycles. The van der Waals surface area contributed by atoms with Crippen LogP contribution in [0.4, 0.5) is 17.6 Å². The van der Waals surface area contributed by atoms with E-state index in [1.54, 1.807) is 12.1 Å². The number of para-hydroxylation sites is 1. The van der Waals surface area contributed by atoms with Crippen molar-refractivity contribution in [2.24, 2.45) is 0 Å². The summed E-state index contributed by atoms with van der Waals surface area (Å²) in [5.41, 5.74) is -2.21. The quantitative estimate of drug-likeness (QED) is 0.674. The minimum Gasteiger partial charge on any atom is -0.504 e. The summed E-state index contributed by atoms with van der Waals surface area (Å²) in [4.78, 5) is 18.3. The van der Waals surface area contributed by atoms with E-state index in [0.29, 0.717) is 6.07 Å². The van der Waals surface area contributed by atoms with Crippen molar-refractivity contribution in [1.82, 2.24) is 9.97 Å². The maximum Gasteiger partial charge on any atom is 0.419 e. The molecule has 2 N–H and O–H groups in total. The zero-order valence-electron chi connectivity index (χ0n) is 11.3. The van der Waals surface area contributed by atoms with Gasteiger partial charge in [-0.2, -0.15) is 13.2 Å². The molecule has 2 aromatic carbocycles. The lowest BCUT2D eigenvalue weighted by Gasteiger charge is -2.11. The first-order valence-electron chi connectivity index (χ1n) is 6.37. The van der Waals surface area contributed by atoms with E-state index < -0.39 is 28.9 Å². The number of H-pyrrole nitrogens is 1. The Bertz CT molecular complexity index is 964. The van der Waals surface area contributed by atoms with Crippen LogP contribution in [0.1, 0.15) is 5.56 Å². The summed E-state index contributed by atoms with van der Waals surface area (Å²) in [5, 5.41) is 9.99. The summed E-state index contributed by atoms with van der Waals surface area (Å²) in [5.74, 6) is -3.26. The fourth-order valence-electron chi connectivity index (χ4n) is 2.19. The second-order valence-electron chi connectivity index (χ2n) is 4.75. The molecule has 0 saturated heterocycles. The van der Waals surface area contributed by atoms with E-state index in [1.807, 2.05) is 0 Å². The molecule has 0 unspecified atom stereocenters. The van der Waals surface area contributed by atoms with Gasteiger partial charge in [0.25, 0.3) is 5.56 Å². The minimum atomic E-state index is -4.94. The standard InChI is InChI=1S/C15H8F4N2O2/c16-11-9(15(17,18)19)6-5-8(12(11)22)13-20-10-4-2-1-3-7(10)14(23)21-13/h1-6,22H,(H,20,21,23). The summed E-state index contributed by atoms with van der Waals surface area (Å²) < 4.78 is 51.6. The summed E-state index contributed by atoms with van der Waals surface area (Å²) >= 11 is 0. The number of alkyl halides is 3. The molecular formula is C15H8F4N2O2. The third-order valence-corrected chi connectivity index (χ3v) is 3.29. The van der Waals surface area contributed by atoms with Gasteiger partial charge in [0.1, 0.15) is 5.82 Å². The Hall–Kier alpha value is -2.90. The average Bonchev–Trinajstić information content (AvgIpc) is 2.48. The number of benzene rings is 2. The van der Waals surface area contributed by atoms with Crippen LogP contribution in [-0.2, 0) is 6.18 Å². The third kappa shape index (κ3) is 2.52. The molecular weight excluding hydrogens is 316 g/mol. The zero-order valence-corrected chi connectivity index (χ0v) is 11.3. The van der Waals surface area contributed by atoms with Gasteiger partial charge in [0.15, 0.2) is 11.6 Å². The van der Waals surface area contributed by atoms with E-state index in [4.69, 9.17) is 0 Å². The lowest BCUT2D eigenvalue weighted by Crippen LogP contribution is -2.11. The van der Waals surface area contributed by atoms with E-state index in [-0.39, 0.29) is 22.3 Å². The lowest BCUT2D eigenvalue weighted by molar-refractivity contribution is -0.140. The van der Waals surface area contributed by atoms with Gasteiger partial charge in [0.05, 0.1) is 22.0 Å². The van der Waals surface area contributed by atoms with Crippen molar-refractivity contribution >= 4 is 10.9 Å².